The first-order chi connectivity index (χ1) is 4.34. The fourth-order valence-corrected chi connectivity index (χ4v) is 0.859. The van der Waals surface area contributed by atoms with Crippen LogP contribution < -0.4 is 0 Å². The molecule has 1 aliphatic rings. The van der Waals surface area contributed by atoms with Crippen LogP contribution in [-0.2, 0) is 9.53 Å². The van der Waals surface area contributed by atoms with Crippen LogP contribution in [0, 0.1) is 0 Å². The highest BCUT2D eigenvalue weighted by atomic mass is 16.5. The highest BCUT2D eigenvalue weighted by molar-refractivity contribution is 5.88. The van der Waals surface area contributed by atoms with Crippen LogP contribution in [0.5, 0.6) is 0 Å². The van der Waals surface area contributed by atoms with Crippen LogP contribution in [0.25, 0.3) is 0 Å². The van der Waals surface area contributed by atoms with E-state index >= 15 is 0 Å². The molecule has 0 saturated heterocycles. The molecule has 0 fully saturated rings. The third kappa shape index (κ3) is 1.39. The summed E-state index contributed by atoms with van der Waals surface area (Å²) >= 11 is 0. The SMILES string of the molecule is CCOC1C=CCC1=O. The normalized spacial score (nSPS) is 25.4. The van der Waals surface area contributed by atoms with Gasteiger partial charge in [0.05, 0.1) is 0 Å². The van der Waals surface area contributed by atoms with Gasteiger partial charge in [-0.05, 0) is 6.92 Å². The molecule has 0 amide bonds. The molecule has 2 heteroatoms. The van der Waals surface area contributed by atoms with Crippen molar-refractivity contribution in [2.24, 2.45) is 0 Å². The molecule has 0 heterocycles. The lowest BCUT2D eigenvalue weighted by atomic mass is 10.3. The molecule has 0 N–H and O–H groups in total. The lowest BCUT2D eigenvalue weighted by Gasteiger charge is -2.03. The van der Waals surface area contributed by atoms with Gasteiger partial charge in [-0.15, -0.1) is 0 Å². The van der Waals surface area contributed by atoms with Crippen molar-refractivity contribution in [1.82, 2.24) is 0 Å². The minimum absolute atomic E-state index is 0.178. The molecule has 1 aliphatic carbocycles. The van der Waals surface area contributed by atoms with Crippen molar-refractivity contribution >= 4 is 5.78 Å². The van der Waals surface area contributed by atoms with Crippen LogP contribution in [0.3, 0.4) is 0 Å². The Morgan fingerprint density at radius 2 is 2.67 bits per heavy atom. The third-order valence-electron chi connectivity index (χ3n) is 1.29. The maximum Gasteiger partial charge on any atom is 0.169 e. The van der Waals surface area contributed by atoms with E-state index in [9.17, 15) is 4.79 Å². The van der Waals surface area contributed by atoms with E-state index in [1.54, 1.807) is 0 Å². The van der Waals surface area contributed by atoms with Crippen molar-refractivity contribution in [3.63, 3.8) is 0 Å². The molecule has 0 aromatic heterocycles. The molecule has 1 rings (SSSR count). The molecule has 0 aromatic carbocycles. The number of hydrogen-bond donors (Lipinski definition) is 0. The number of ketones is 1. The van der Waals surface area contributed by atoms with Crippen molar-refractivity contribution in [3.05, 3.63) is 12.2 Å². The third-order valence-corrected chi connectivity index (χ3v) is 1.29. The molecule has 1 unspecified atom stereocenters. The molecule has 0 aromatic rings. The maximum absolute atomic E-state index is 10.8. The first-order valence-corrected chi connectivity index (χ1v) is 3.15. The summed E-state index contributed by atoms with van der Waals surface area (Å²) < 4.78 is 5.08. The van der Waals surface area contributed by atoms with Crippen LogP contribution in [0.15, 0.2) is 12.2 Å². The molecule has 0 aliphatic heterocycles. The van der Waals surface area contributed by atoms with Crippen molar-refractivity contribution in [1.29, 1.82) is 0 Å². The van der Waals surface area contributed by atoms with E-state index in [1.165, 1.54) is 0 Å². The van der Waals surface area contributed by atoms with E-state index in [-0.39, 0.29) is 11.9 Å². The van der Waals surface area contributed by atoms with Crippen LogP contribution in [-0.4, -0.2) is 18.5 Å². The molecular weight excluding hydrogens is 116 g/mol. The molecule has 2 nitrogen and oxygen atoms in total. The van der Waals surface area contributed by atoms with Crippen LogP contribution >= 0.6 is 0 Å². The van der Waals surface area contributed by atoms with Gasteiger partial charge in [0, 0.05) is 13.0 Å². The number of allylic oxidation sites excluding steroid dienone is 1. The van der Waals surface area contributed by atoms with Crippen LogP contribution in [0.1, 0.15) is 13.3 Å². The molecule has 0 bridgehead atoms. The molecule has 0 radical (unpaired) electrons. The molecule has 0 spiro atoms. The van der Waals surface area contributed by atoms with Gasteiger partial charge >= 0.3 is 0 Å². The Hall–Kier alpha value is -0.630. The van der Waals surface area contributed by atoms with Gasteiger partial charge < -0.3 is 4.74 Å². The second kappa shape index (κ2) is 2.78. The summed E-state index contributed by atoms with van der Waals surface area (Å²) in [5.74, 6) is 0.178. The van der Waals surface area contributed by atoms with Crippen LogP contribution in [0.4, 0.5) is 0 Å². The molecule has 1 atom stereocenters. The number of rotatable bonds is 2. The number of carbonyl (C=O) groups is 1. The summed E-state index contributed by atoms with van der Waals surface area (Å²) in [5.41, 5.74) is 0. The van der Waals surface area contributed by atoms with Crippen molar-refractivity contribution in [2.45, 2.75) is 19.4 Å². The summed E-state index contributed by atoms with van der Waals surface area (Å²) in [6.45, 7) is 2.50. The summed E-state index contributed by atoms with van der Waals surface area (Å²) in [7, 11) is 0. The van der Waals surface area contributed by atoms with Gasteiger partial charge in [0.15, 0.2) is 5.78 Å². The summed E-state index contributed by atoms with van der Waals surface area (Å²) in [4.78, 5) is 10.8. The van der Waals surface area contributed by atoms with E-state index in [4.69, 9.17) is 4.74 Å². The largest absolute Gasteiger partial charge is 0.367 e. The Morgan fingerprint density at radius 1 is 1.89 bits per heavy atom. The number of carbonyl (C=O) groups excluding carboxylic acids is 1. The summed E-state index contributed by atoms with van der Waals surface area (Å²) in [5, 5.41) is 0. The molecular formula is C7H10O2. The van der Waals surface area contributed by atoms with Gasteiger partial charge in [-0.3, -0.25) is 4.79 Å². The Balaban J connectivity index is 2.40. The predicted octanol–water partition coefficient (Wildman–Crippen LogP) is 0.920. The van der Waals surface area contributed by atoms with Crippen molar-refractivity contribution < 1.29 is 9.53 Å². The molecule has 9 heavy (non-hydrogen) atoms. The van der Waals surface area contributed by atoms with E-state index in [0.717, 1.165) is 0 Å². The topological polar surface area (TPSA) is 26.3 Å². The number of Topliss-reactive ketones (excluding diaryl/α,β-unsaturated/α-hetero) is 1. The van der Waals surface area contributed by atoms with E-state index in [2.05, 4.69) is 0 Å². The zero-order valence-electron chi connectivity index (χ0n) is 5.46. The fourth-order valence-electron chi connectivity index (χ4n) is 0.859. The Morgan fingerprint density at radius 3 is 3.11 bits per heavy atom. The van der Waals surface area contributed by atoms with Gasteiger partial charge in [-0.1, -0.05) is 12.2 Å². The van der Waals surface area contributed by atoms with Gasteiger partial charge in [-0.2, -0.15) is 0 Å². The Labute approximate surface area is 54.5 Å². The summed E-state index contributed by atoms with van der Waals surface area (Å²) in [6, 6.07) is 0. The van der Waals surface area contributed by atoms with E-state index in [0.29, 0.717) is 13.0 Å². The van der Waals surface area contributed by atoms with E-state index < -0.39 is 0 Å². The van der Waals surface area contributed by atoms with Crippen molar-refractivity contribution in [3.8, 4) is 0 Å². The molecule has 0 saturated carbocycles. The second-order valence-corrected chi connectivity index (χ2v) is 1.97. The lowest BCUT2D eigenvalue weighted by Crippen LogP contribution is -2.16. The van der Waals surface area contributed by atoms with Gasteiger partial charge in [0.2, 0.25) is 0 Å². The van der Waals surface area contributed by atoms with Crippen LogP contribution in [0.2, 0.25) is 0 Å². The second-order valence-electron chi connectivity index (χ2n) is 1.97. The maximum atomic E-state index is 10.8. The number of hydrogen-bond acceptors (Lipinski definition) is 2. The van der Waals surface area contributed by atoms with Crippen molar-refractivity contribution in [2.75, 3.05) is 6.61 Å². The lowest BCUT2D eigenvalue weighted by molar-refractivity contribution is -0.125. The van der Waals surface area contributed by atoms with Gasteiger partial charge in [-0.25, -0.2) is 0 Å². The van der Waals surface area contributed by atoms with Gasteiger partial charge in [0.25, 0.3) is 0 Å². The van der Waals surface area contributed by atoms with Gasteiger partial charge in [0.1, 0.15) is 6.10 Å². The first-order valence-electron chi connectivity index (χ1n) is 3.15. The average molecular weight is 126 g/mol. The smallest absolute Gasteiger partial charge is 0.169 e. The quantitative estimate of drug-likeness (QED) is 0.514. The minimum Gasteiger partial charge on any atom is -0.367 e. The molecule has 50 valence electrons. The van der Waals surface area contributed by atoms with E-state index in [1.807, 2.05) is 19.1 Å². The zero-order chi connectivity index (χ0) is 6.69. The number of ether oxygens (including phenoxy) is 1. The zero-order valence-corrected chi connectivity index (χ0v) is 5.46. The standard InChI is InChI=1S/C7H10O2/c1-2-9-7-5-3-4-6(7)8/h3,5,7H,2,4H2,1H3. The Kier molecular flexibility index (Phi) is 2.01. The predicted molar refractivity (Wildman–Crippen MR) is 34.2 cm³/mol. The fraction of sp³-hybridized carbons (Fsp3) is 0.571. The average Bonchev–Trinajstić information content (AvgIpc) is 2.18. The minimum atomic E-state index is -0.241. The Bertz CT molecular complexity index is 138. The highest BCUT2D eigenvalue weighted by Gasteiger charge is 2.17. The highest BCUT2D eigenvalue weighted by Crippen LogP contribution is 2.08. The monoisotopic (exact) mass is 126 g/mol. The summed E-state index contributed by atoms with van der Waals surface area (Å²) in [6.07, 6.45) is 3.97. The first kappa shape index (κ1) is 6.49.